The Morgan fingerprint density at radius 2 is 1.79 bits per heavy atom. The molecule has 2 aromatic heterocycles. The Bertz CT molecular complexity index is 757. The number of amides is 1. The van der Waals surface area contributed by atoms with Crippen molar-refractivity contribution in [3.05, 3.63) is 33.9 Å². The summed E-state index contributed by atoms with van der Waals surface area (Å²) in [6.07, 6.45) is 2.06. The number of nitrogens with zero attached hydrogens (tertiary/aromatic N) is 6. The van der Waals surface area contributed by atoms with Gasteiger partial charge >= 0.3 is 0 Å². The highest BCUT2D eigenvalue weighted by Gasteiger charge is 2.27. The van der Waals surface area contributed by atoms with Crippen LogP contribution in [0.5, 0.6) is 0 Å². The van der Waals surface area contributed by atoms with Gasteiger partial charge in [-0.15, -0.1) is 0 Å². The van der Waals surface area contributed by atoms with Gasteiger partial charge in [-0.1, -0.05) is 11.6 Å². The highest BCUT2D eigenvalue weighted by Crippen LogP contribution is 2.22. The first kappa shape index (κ1) is 17.0. The highest BCUT2D eigenvalue weighted by molar-refractivity contribution is 6.34. The van der Waals surface area contributed by atoms with Crippen LogP contribution in [0, 0.1) is 13.8 Å². The van der Waals surface area contributed by atoms with E-state index in [1.165, 1.54) is 5.56 Å². The van der Waals surface area contributed by atoms with Crippen molar-refractivity contribution in [1.82, 2.24) is 29.4 Å². The molecule has 1 aliphatic heterocycles. The average Bonchev–Trinajstić information content (AvgIpc) is 2.98. The largest absolute Gasteiger partial charge is 0.335 e. The zero-order valence-corrected chi connectivity index (χ0v) is 15.3. The van der Waals surface area contributed by atoms with Crippen LogP contribution in [0.3, 0.4) is 0 Å². The van der Waals surface area contributed by atoms with Crippen molar-refractivity contribution in [2.45, 2.75) is 20.4 Å². The van der Waals surface area contributed by atoms with Gasteiger partial charge in [-0.2, -0.15) is 10.2 Å². The van der Waals surface area contributed by atoms with Crippen LogP contribution in [0.25, 0.3) is 0 Å². The van der Waals surface area contributed by atoms with Gasteiger partial charge < -0.3 is 4.90 Å². The number of aryl methyl sites for hydroxylation is 4. The van der Waals surface area contributed by atoms with Crippen molar-refractivity contribution in [3.63, 3.8) is 0 Å². The molecular formula is C16H23ClN6O. The molecule has 0 bridgehead atoms. The van der Waals surface area contributed by atoms with Crippen LogP contribution in [0.15, 0.2) is 6.20 Å². The number of hydrogen-bond acceptors (Lipinski definition) is 4. The lowest BCUT2D eigenvalue weighted by molar-refractivity contribution is 0.0617. The van der Waals surface area contributed by atoms with Crippen molar-refractivity contribution >= 4 is 17.5 Å². The van der Waals surface area contributed by atoms with Gasteiger partial charge in [0.15, 0.2) is 0 Å². The van der Waals surface area contributed by atoms with E-state index in [4.69, 9.17) is 11.6 Å². The van der Waals surface area contributed by atoms with E-state index in [2.05, 4.69) is 21.3 Å². The maximum atomic E-state index is 12.7. The first-order valence-electron chi connectivity index (χ1n) is 8.06. The molecule has 0 unspecified atom stereocenters. The topological polar surface area (TPSA) is 59.2 Å². The zero-order chi connectivity index (χ0) is 17.4. The third-order valence-corrected chi connectivity index (χ3v) is 4.97. The van der Waals surface area contributed by atoms with E-state index < -0.39 is 0 Å². The summed E-state index contributed by atoms with van der Waals surface area (Å²) in [5.74, 6) is -0.0414. The molecule has 8 heteroatoms. The van der Waals surface area contributed by atoms with E-state index in [1.807, 2.05) is 30.5 Å². The maximum Gasteiger partial charge on any atom is 0.273 e. The number of halogens is 1. The molecule has 0 N–H and O–H groups in total. The fourth-order valence-electron chi connectivity index (χ4n) is 3.17. The molecule has 1 fully saturated rings. The summed E-state index contributed by atoms with van der Waals surface area (Å²) in [5.41, 5.74) is 3.47. The molecule has 130 valence electrons. The molecule has 1 aliphatic rings. The number of carbonyl (C=O) groups excluding carboxylic acids is 1. The fraction of sp³-hybridized carbons (Fsp3) is 0.562. The normalized spacial score (nSPS) is 16.0. The second-order valence-electron chi connectivity index (χ2n) is 6.35. The second kappa shape index (κ2) is 6.57. The molecule has 1 amide bonds. The van der Waals surface area contributed by atoms with Crippen LogP contribution in [-0.4, -0.2) is 61.4 Å². The number of rotatable bonds is 3. The third-order valence-electron chi connectivity index (χ3n) is 4.52. The van der Waals surface area contributed by atoms with E-state index in [-0.39, 0.29) is 5.91 Å². The van der Waals surface area contributed by atoms with Gasteiger partial charge in [0.05, 0.1) is 16.4 Å². The summed E-state index contributed by atoms with van der Waals surface area (Å²) in [6, 6.07) is 0. The Morgan fingerprint density at radius 3 is 2.29 bits per heavy atom. The lowest BCUT2D eigenvalue weighted by Crippen LogP contribution is -2.48. The SMILES string of the molecule is Cc1nn(C)cc1CN1CCN(C(=O)c2c(Cl)c(C)nn2C)CC1. The van der Waals surface area contributed by atoms with Crippen molar-refractivity contribution in [1.29, 1.82) is 0 Å². The van der Waals surface area contributed by atoms with Crippen LogP contribution in [-0.2, 0) is 20.6 Å². The molecule has 2 aromatic rings. The van der Waals surface area contributed by atoms with Gasteiger partial charge in [-0.3, -0.25) is 19.1 Å². The smallest absolute Gasteiger partial charge is 0.273 e. The molecule has 0 aliphatic carbocycles. The van der Waals surface area contributed by atoms with E-state index in [0.29, 0.717) is 29.5 Å². The van der Waals surface area contributed by atoms with Gasteiger partial charge in [0, 0.05) is 58.6 Å². The molecule has 0 spiro atoms. The number of aromatic nitrogens is 4. The molecule has 0 saturated carbocycles. The molecule has 24 heavy (non-hydrogen) atoms. The highest BCUT2D eigenvalue weighted by atomic mass is 35.5. The van der Waals surface area contributed by atoms with Crippen LogP contribution in [0.2, 0.25) is 5.02 Å². The van der Waals surface area contributed by atoms with Crippen molar-refractivity contribution < 1.29 is 4.79 Å². The quantitative estimate of drug-likeness (QED) is 0.839. The zero-order valence-electron chi connectivity index (χ0n) is 14.6. The predicted molar refractivity (Wildman–Crippen MR) is 92.1 cm³/mol. The Morgan fingerprint density at radius 1 is 1.12 bits per heavy atom. The molecule has 1 saturated heterocycles. The summed E-state index contributed by atoms with van der Waals surface area (Å²) in [4.78, 5) is 16.9. The van der Waals surface area contributed by atoms with Gasteiger partial charge in [0.25, 0.3) is 5.91 Å². The van der Waals surface area contributed by atoms with Crippen molar-refractivity contribution in [2.75, 3.05) is 26.2 Å². The number of hydrogen-bond donors (Lipinski definition) is 0. The molecule has 0 aromatic carbocycles. The minimum absolute atomic E-state index is 0.0414. The minimum atomic E-state index is -0.0414. The molecular weight excluding hydrogens is 328 g/mol. The van der Waals surface area contributed by atoms with Crippen molar-refractivity contribution in [2.24, 2.45) is 14.1 Å². The number of piperazine rings is 1. The van der Waals surface area contributed by atoms with Gasteiger partial charge in [0.1, 0.15) is 5.69 Å². The fourth-order valence-corrected chi connectivity index (χ4v) is 3.41. The first-order valence-corrected chi connectivity index (χ1v) is 8.44. The van der Waals surface area contributed by atoms with Crippen LogP contribution in [0.4, 0.5) is 0 Å². The number of carbonyl (C=O) groups is 1. The van der Waals surface area contributed by atoms with E-state index in [9.17, 15) is 4.79 Å². The van der Waals surface area contributed by atoms with Gasteiger partial charge in [0.2, 0.25) is 0 Å². The summed E-state index contributed by atoms with van der Waals surface area (Å²) in [6.45, 7) is 7.78. The van der Waals surface area contributed by atoms with Crippen LogP contribution in [0.1, 0.15) is 27.4 Å². The summed E-state index contributed by atoms with van der Waals surface area (Å²) in [7, 11) is 3.69. The maximum absolute atomic E-state index is 12.7. The lowest BCUT2D eigenvalue weighted by Gasteiger charge is -2.34. The predicted octanol–water partition coefficient (Wildman–Crippen LogP) is 1.38. The first-order chi connectivity index (χ1) is 11.4. The molecule has 3 heterocycles. The summed E-state index contributed by atoms with van der Waals surface area (Å²) < 4.78 is 3.42. The van der Waals surface area contributed by atoms with Gasteiger partial charge in [-0.25, -0.2) is 0 Å². The standard InChI is InChI=1S/C16H23ClN6O/c1-11-13(9-20(3)18-11)10-22-5-7-23(8-6-22)16(24)15-14(17)12(2)19-21(15)4/h9H,5-8,10H2,1-4H3. The molecule has 7 nitrogen and oxygen atoms in total. The van der Waals surface area contributed by atoms with Crippen LogP contribution >= 0.6 is 11.6 Å². The Kier molecular flexibility index (Phi) is 4.64. The average molecular weight is 351 g/mol. The third kappa shape index (κ3) is 3.18. The Balaban J connectivity index is 1.62. The minimum Gasteiger partial charge on any atom is -0.335 e. The van der Waals surface area contributed by atoms with Gasteiger partial charge in [-0.05, 0) is 13.8 Å². The second-order valence-corrected chi connectivity index (χ2v) is 6.73. The Hall–Kier alpha value is -1.86. The van der Waals surface area contributed by atoms with E-state index >= 15 is 0 Å². The molecule has 0 atom stereocenters. The summed E-state index contributed by atoms with van der Waals surface area (Å²) in [5, 5.41) is 9.06. The van der Waals surface area contributed by atoms with Crippen LogP contribution < -0.4 is 0 Å². The lowest BCUT2D eigenvalue weighted by atomic mass is 10.2. The van der Waals surface area contributed by atoms with E-state index in [0.717, 1.165) is 25.3 Å². The monoisotopic (exact) mass is 350 g/mol. The molecule has 3 rings (SSSR count). The van der Waals surface area contributed by atoms with Crippen molar-refractivity contribution in [3.8, 4) is 0 Å². The van der Waals surface area contributed by atoms with E-state index in [1.54, 1.807) is 11.7 Å². The molecule has 0 radical (unpaired) electrons. The Labute approximate surface area is 146 Å². The summed E-state index contributed by atoms with van der Waals surface area (Å²) >= 11 is 6.23.